The largest absolute Gasteiger partial charge is 0.334 e. The molecule has 1 aromatic carbocycles. The van der Waals surface area contributed by atoms with E-state index in [0.29, 0.717) is 11.4 Å². The highest BCUT2D eigenvalue weighted by Gasteiger charge is 2.29. The molecule has 1 fully saturated rings. The van der Waals surface area contributed by atoms with Crippen LogP contribution in [0.3, 0.4) is 0 Å². The maximum Gasteiger partial charge on any atom is 0.264 e. The standard InChI is InChI=1S/C18H22N2O3S2.ClH/c1-2-12-20(14-10-11-19-13-14)18(21)16-8-9-17(24-16)25(22,23)15-6-4-3-5-7-15;/h3-9,14,19H,2,10-13H2,1H3;1H. The first-order valence-electron chi connectivity index (χ1n) is 8.45. The van der Waals surface area contributed by atoms with E-state index in [1.54, 1.807) is 36.4 Å². The third-order valence-corrected chi connectivity index (χ3v) is 7.65. The van der Waals surface area contributed by atoms with Crippen LogP contribution in [0.15, 0.2) is 51.6 Å². The van der Waals surface area contributed by atoms with E-state index in [1.165, 1.54) is 6.07 Å². The van der Waals surface area contributed by atoms with Gasteiger partial charge in [0, 0.05) is 19.1 Å². The zero-order valence-electron chi connectivity index (χ0n) is 14.6. The van der Waals surface area contributed by atoms with E-state index in [1.807, 2.05) is 11.8 Å². The first-order chi connectivity index (χ1) is 12.0. The van der Waals surface area contributed by atoms with E-state index >= 15 is 0 Å². The number of benzene rings is 1. The molecule has 0 aliphatic carbocycles. The number of halogens is 1. The number of amides is 1. The lowest BCUT2D eigenvalue weighted by atomic mass is 10.2. The Balaban J connectivity index is 0.00000243. The zero-order chi connectivity index (χ0) is 17.9. The molecular formula is C18H23ClN2O3S2. The predicted octanol–water partition coefficient (Wildman–Crippen LogP) is 3.22. The van der Waals surface area contributed by atoms with Crippen LogP contribution in [0.4, 0.5) is 0 Å². The molecule has 0 saturated carbocycles. The van der Waals surface area contributed by atoms with Gasteiger partial charge in [-0.25, -0.2) is 8.42 Å². The molecule has 0 radical (unpaired) electrons. The summed E-state index contributed by atoms with van der Waals surface area (Å²) in [6.07, 6.45) is 1.81. The maximum atomic E-state index is 12.9. The average molecular weight is 415 g/mol. The third kappa shape index (κ3) is 4.28. The van der Waals surface area contributed by atoms with E-state index in [-0.39, 0.29) is 33.5 Å². The van der Waals surface area contributed by atoms with Gasteiger partial charge < -0.3 is 10.2 Å². The third-order valence-electron chi connectivity index (χ3n) is 4.31. The number of carbonyl (C=O) groups is 1. The van der Waals surface area contributed by atoms with E-state index in [4.69, 9.17) is 0 Å². The molecular weight excluding hydrogens is 392 g/mol. The average Bonchev–Trinajstić information content (AvgIpc) is 3.31. The van der Waals surface area contributed by atoms with Gasteiger partial charge in [0.15, 0.2) is 0 Å². The fraction of sp³-hybridized carbons (Fsp3) is 0.389. The van der Waals surface area contributed by atoms with Crippen molar-refractivity contribution in [2.75, 3.05) is 19.6 Å². The van der Waals surface area contributed by atoms with Gasteiger partial charge in [-0.3, -0.25) is 4.79 Å². The molecule has 1 aliphatic heterocycles. The summed E-state index contributed by atoms with van der Waals surface area (Å²) in [6.45, 7) is 4.44. The smallest absolute Gasteiger partial charge is 0.264 e. The van der Waals surface area contributed by atoms with Gasteiger partial charge in [0.05, 0.1) is 9.77 Å². The fourth-order valence-electron chi connectivity index (χ4n) is 3.03. The van der Waals surface area contributed by atoms with E-state index in [9.17, 15) is 13.2 Å². The normalized spacial score (nSPS) is 16.9. The van der Waals surface area contributed by atoms with Crippen LogP contribution in [0.1, 0.15) is 29.4 Å². The minimum Gasteiger partial charge on any atom is -0.334 e. The number of nitrogens with zero attached hydrogens (tertiary/aromatic N) is 1. The Morgan fingerprint density at radius 2 is 1.96 bits per heavy atom. The Labute approximate surface area is 164 Å². The van der Waals surface area contributed by atoms with Crippen molar-refractivity contribution in [1.82, 2.24) is 10.2 Å². The highest BCUT2D eigenvalue weighted by Crippen LogP contribution is 2.29. The highest BCUT2D eigenvalue weighted by molar-refractivity contribution is 7.93. The number of sulfone groups is 1. The van der Waals surface area contributed by atoms with Gasteiger partial charge in [0.2, 0.25) is 9.84 Å². The second-order valence-electron chi connectivity index (χ2n) is 6.08. The maximum absolute atomic E-state index is 12.9. The summed E-state index contributed by atoms with van der Waals surface area (Å²) in [7, 11) is -3.57. The van der Waals surface area contributed by atoms with Crippen molar-refractivity contribution in [3.05, 3.63) is 47.3 Å². The minimum absolute atomic E-state index is 0. The monoisotopic (exact) mass is 414 g/mol. The molecule has 0 bridgehead atoms. The molecule has 26 heavy (non-hydrogen) atoms. The summed E-state index contributed by atoms with van der Waals surface area (Å²) in [4.78, 5) is 15.5. The Bertz CT molecular complexity index is 831. The van der Waals surface area contributed by atoms with E-state index in [2.05, 4.69) is 5.32 Å². The summed E-state index contributed by atoms with van der Waals surface area (Å²) in [5.74, 6) is -0.0740. The van der Waals surface area contributed by atoms with Crippen molar-refractivity contribution in [3.8, 4) is 0 Å². The van der Waals surface area contributed by atoms with E-state index < -0.39 is 9.84 Å². The van der Waals surface area contributed by atoms with Crippen molar-refractivity contribution in [1.29, 1.82) is 0 Å². The number of thiophene rings is 1. The van der Waals surface area contributed by atoms with Crippen molar-refractivity contribution in [2.24, 2.45) is 0 Å². The van der Waals surface area contributed by atoms with Crippen LogP contribution >= 0.6 is 23.7 Å². The lowest BCUT2D eigenvalue weighted by Crippen LogP contribution is -2.41. The molecule has 8 heteroatoms. The molecule has 0 spiro atoms. The van der Waals surface area contributed by atoms with Crippen molar-refractivity contribution in [3.63, 3.8) is 0 Å². The Morgan fingerprint density at radius 3 is 2.58 bits per heavy atom. The molecule has 1 aromatic heterocycles. The Kier molecular flexibility index (Phi) is 7.23. The minimum atomic E-state index is -3.57. The molecule has 5 nitrogen and oxygen atoms in total. The van der Waals surface area contributed by atoms with Gasteiger partial charge in [-0.2, -0.15) is 0 Å². The molecule has 1 aliphatic rings. The van der Waals surface area contributed by atoms with Gasteiger partial charge in [-0.05, 0) is 43.7 Å². The molecule has 2 aromatic rings. The molecule has 3 rings (SSSR count). The molecule has 142 valence electrons. The number of nitrogens with one attached hydrogen (secondary N) is 1. The SMILES string of the molecule is CCCN(C(=O)c1ccc(S(=O)(=O)c2ccccc2)s1)C1CCNC1.Cl. The van der Waals surface area contributed by atoms with E-state index in [0.717, 1.165) is 37.3 Å². The summed E-state index contributed by atoms with van der Waals surface area (Å²) < 4.78 is 25.6. The zero-order valence-corrected chi connectivity index (χ0v) is 17.0. The van der Waals surface area contributed by atoms with Gasteiger partial charge in [-0.15, -0.1) is 23.7 Å². The van der Waals surface area contributed by atoms with Gasteiger partial charge in [0.1, 0.15) is 4.21 Å². The second-order valence-corrected chi connectivity index (χ2v) is 9.34. The van der Waals surface area contributed by atoms with Crippen LogP contribution in [0.2, 0.25) is 0 Å². The first kappa shape index (κ1) is 20.9. The number of rotatable bonds is 6. The molecule has 1 unspecified atom stereocenters. The van der Waals surface area contributed by atoms with Crippen LogP contribution in [0.25, 0.3) is 0 Å². The predicted molar refractivity (Wildman–Crippen MR) is 106 cm³/mol. The molecule has 2 heterocycles. The molecule has 1 saturated heterocycles. The lowest BCUT2D eigenvalue weighted by molar-refractivity contribution is 0.0697. The summed E-state index contributed by atoms with van der Waals surface area (Å²) in [5.41, 5.74) is 0. The number of hydrogen-bond donors (Lipinski definition) is 1. The molecule has 1 amide bonds. The van der Waals surface area contributed by atoms with Gasteiger partial charge >= 0.3 is 0 Å². The lowest BCUT2D eigenvalue weighted by Gasteiger charge is -2.27. The van der Waals surface area contributed by atoms with Crippen LogP contribution in [0.5, 0.6) is 0 Å². The number of carbonyl (C=O) groups excluding carboxylic acids is 1. The number of hydrogen-bond acceptors (Lipinski definition) is 5. The van der Waals surface area contributed by atoms with Gasteiger partial charge in [-0.1, -0.05) is 25.1 Å². The van der Waals surface area contributed by atoms with Crippen LogP contribution in [-0.2, 0) is 9.84 Å². The molecule has 1 atom stereocenters. The van der Waals surface area contributed by atoms with Crippen LogP contribution < -0.4 is 5.32 Å². The van der Waals surface area contributed by atoms with Crippen LogP contribution in [0, 0.1) is 0 Å². The molecule has 1 N–H and O–H groups in total. The highest BCUT2D eigenvalue weighted by atomic mass is 35.5. The van der Waals surface area contributed by atoms with Gasteiger partial charge in [0.25, 0.3) is 5.91 Å². The summed E-state index contributed by atoms with van der Waals surface area (Å²) in [6, 6.07) is 11.7. The van der Waals surface area contributed by atoms with Crippen LogP contribution in [-0.4, -0.2) is 44.9 Å². The fourth-order valence-corrected chi connectivity index (χ4v) is 5.72. The Morgan fingerprint density at radius 1 is 1.23 bits per heavy atom. The summed E-state index contributed by atoms with van der Waals surface area (Å²) >= 11 is 1.06. The topological polar surface area (TPSA) is 66.5 Å². The van der Waals surface area contributed by atoms with Crippen molar-refractivity contribution >= 4 is 39.5 Å². The quantitative estimate of drug-likeness (QED) is 0.788. The first-order valence-corrected chi connectivity index (χ1v) is 10.8. The Hall–Kier alpha value is -1.41. The van der Waals surface area contributed by atoms with Crippen molar-refractivity contribution in [2.45, 2.75) is 34.9 Å². The summed E-state index contributed by atoms with van der Waals surface area (Å²) in [5, 5.41) is 3.28. The second kappa shape index (κ2) is 8.99. The van der Waals surface area contributed by atoms with Crippen molar-refractivity contribution < 1.29 is 13.2 Å².